The first kappa shape index (κ1) is 15.1. The van der Waals surface area contributed by atoms with Crippen molar-refractivity contribution in [1.29, 1.82) is 0 Å². The zero-order valence-electron chi connectivity index (χ0n) is 11.7. The number of aryl methyl sites for hydroxylation is 3. The molecule has 0 aliphatic heterocycles. The van der Waals surface area contributed by atoms with Crippen molar-refractivity contribution >= 4 is 5.91 Å². The Balaban J connectivity index is 2.10. The van der Waals surface area contributed by atoms with Gasteiger partial charge in [-0.3, -0.25) is 14.2 Å². The number of hydrogen-bond donors (Lipinski definition) is 1. The van der Waals surface area contributed by atoms with E-state index in [0.29, 0.717) is 0 Å². The maximum Gasteiger partial charge on any atom is 0.435 e. The molecule has 0 aliphatic rings. The highest BCUT2D eigenvalue weighted by molar-refractivity contribution is 5.92. The molecule has 0 aliphatic carbocycles. The average Bonchev–Trinajstić information content (AvgIpc) is 2.89. The molecule has 114 valence electrons. The Morgan fingerprint density at radius 2 is 1.90 bits per heavy atom. The molecular weight excluding hydrogens is 287 g/mol. The summed E-state index contributed by atoms with van der Waals surface area (Å²) in [5, 5.41) is 9.95. The summed E-state index contributed by atoms with van der Waals surface area (Å²) in [6, 6.07) is 2.51. The zero-order chi connectivity index (χ0) is 15.8. The van der Waals surface area contributed by atoms with Crippen LogP contribution in [0.2, 0.25) is 0 Å². The van der Waals surface area contributed by atoms with E-state index in [9.17, 15) is 18.0 Å². The van der Waals surface area contributed by atoms with Crippen molar-refractivity contribution < 1.29 is 18.0 Å². The Labute approximate surface area is 118 Å². The van der Waals surface area contributed by atoms with E-state index in [1.165, 1.54) is 7.05 Å². The highest BCUT2D eigenvalue weighted by Gasteiger charge is 2.35. The fourth-order valence-electron chi connectivity index (χ4n) is 1.91. The molecule has 1 amide bonds. The van der Waals surface area contributed by atoms with Crippen molar-refractivity contribution in [2.75, 3.05) is 0 Å². The van der Waals surface area contributed by atoms with Crippen LogP contribution >= 0.6 is 0 Å². The van der Waals surface area contributed by atoms with Crippen molar-refractivity contribution in [3.63, 3.8) is 0 Å². The second-order valence-electron chi connectivity index (χ2n) is 4.62. The zero-order valence-corrected chi connectivity index (χ0v) is 11.7. The maximum atomic E-state index is 12.5. The molecule has 2 aromatic heterocycles. The molecule has 0 radical (unpaired) electrons. The number of hydrogen-bond acceptors (Lipinski definition) is 3. The lowest BCUT2D eigenvalue weighted by molar-refractivity contribution is -0.141. The fourth-order valence-corrected chi connectivity index (χ4v) is 1.91. The number of nitrogens with one attached hydrogen (secondary N) is 1. The van der Waals surface area contributed by atoms with Crippen molar-refractivity contribution in [3.05, 3.63) is 34.9 Å². The van der Waals surface area contributed by atoms with Gasteiger partial charge in [-0.05, 0) is 13.0 Å². The Kier molecular flexibility index (Phi) is 3.75. The van der Waals surface area contributed by atoms with Gasteiger partial charge in [0.25, 0.3) is 5.91 Å². The van der Waals surface area contributed by atoms with Crippen LogP contribution in [0.25, 0.3) is 0 Å². The second-order valence-corrected chi connectivity index (χ2v) is 4.62. The lowest BCUT2D eigenvalue weighted by atomic mass is 10.3. The number of carbonyl (C=O) groups is 1. The van der Waals surface area contributed by atoms with E-state index in [2.05, 4.69) is 15.5 Å². The standard InChI is InChI=1S/C12H14F3N5O/c1-7-4-8(19(2)17-7)6-16-11(21)9-5-10(12(13,14)15)18-20(9)3/h4-5H,6H2,1-3H3,(H,16,21). The second kappa shape index (κ2) is 5.23. The summed E-state index contributed by atoms with van der Waals surface area (Å²) in [5.74, 6) is -0.626. The van der Waals surface area contributed by atoms with Crippen LogP contribution in [0.3, 0.4) is 0 Å². The molecule has 0 aromatic carbocycles. The number of rotatable bonds is 3. The van der Waals surface area contributed by atoms with Crippen LogP contribution in [-0.2, 0) is 26.8 Å². The number of halogens is 3. The summed E-state index contributed by atoms with van der Waals surface area (Å²) >= 11 is 0. The summed E-state index contributed by atoms with van der Waals surface area (Å²) in [4.78, 5) is 11.9. The molecule has 2 aromatic rings. The monoisotopic (exact) mass is 301 g/mol. The SMILES string of the molecule is Cc1cc(CNC(=O)c2cc(C(F)(F)F)nn2C)n(C)n1. The lowest BCUT2D eigenvalue weighted by Crippen LogP contribution is -2.26. The van der Waals surface area contributed by atoms with Crippen LogP contribution in [0.4, 0.5) is 13.2 Å². The first-order valence-corrected chi connectivity index (χ1v) is 6.07. The predicted molar refractivity (Wildman–Crippen MR) is 67.3 cm³/mol. The molecule has 6 nitrogen and oxygen atoms in total. The summed E-state index contributed by atoms with van der Waals surface area (Å²) in [6.07, 6.45) is -4.57. The molecule has 2 heterocycles. The Morgan fingerprint density at radius 1 is 1.24 bits per heavy atom. The third-order valence-electron chi connectivity index (χ3n) is 2.93. The van der Waals surface area contributed by atoms with Crippen molar-refractivity contribution in [3.8, 4) is 0 Å². The lowest BCUT2D eigenvalue weighted by Gasteiger charge is -2.05. The minimum absolute atomic E-state index is 0.152. The van der Waals surface area contributed by atoms with Gasteiger partial charge in [-0.2, -0.15) is 23.4 Å². The topological polar surface area (TPSA) is 64.7 Å². The number of nitrogens with zero attached hydrogens (tertiary/aromatic N) is 4. The molecule has 0 fully saturated rings. The van der Waals surface area contributed by atoms with E-state index < -0.39 is 17.8 Å². The third kappa shape index (κ3) is 3.23. The van der Waals surface area contributed by atoms with E-state index in [4.69, 9.17) is 0 Å². The van der Waals surface area contributed by atoms with E-state index in [1.807, 2.05) is 6.92 Å². The summed E-state index contributed by atoms with van der Waals surface area (Å²) in [6.45, 7) is 1.98. The predicted octanol–water partition coefficient (Wildman–Crippen LogP) is 1.41. The first-order valence-electron chi connectivity index (χ1n) is 6.07. The van der Waals surface area contributed by atoms with Crippen LogP contribution in [0, 0.1) is 6.92 Å². The van der Waals surface area contributed by atoms with Crippen LogP contribution in [0.15, 0.2) is 12.1 Å². The highest BCUT2D eigenvalue weighted by Crippen LogP contribution is 2.28. The van der Waals surface area contributed by atoms with Crippen LogP contribution < -0.4 is 5.32 Å². The van der Waals surface area contributed by atoms with Gasteiger partial charge in [-0.15, -0.1) is 0 Å². The Morgan fingerprint density at radius 3 is 2.38 bits per heavy atom. The number of aromatic nitrogens is 4. The van der Waals surface area contributed by atoms with E-state index >= 15 is 0 Å². The smallest absolute Gasteiger partial charge is 0.345 e. The fraction of sp³-hybridized carbons (Fsp3) is 0.417. The van der Waals surface area contributed by atoms with Crippen LogP contribution in [0.1, 0.15) is 27.6 Å². The molecule has 9 heteroatoms. The quantitative estimate of drug-likeness (QED) is 0.932. The molecule has 0 spiro atoms. The molecule has 0 saturated heterocycles. The molecule has 1 N–H and O–H groups in total. The molecule has 0 saturated carbocycles. The largest absolute Gasteiger partial charge is 0.435 e. The number of carbonyl (C=O) groups excluding carboxylic acids is 1. The molecule has 2 rings (SSSR count). The van der Waals surface area contributed by atoms with Crippen molar-refractivity contribution in [2.45, 2.75) is 19.6 Å². The highest BCUT2D eigenvalue weighted by atomic mass is 19.4. The van der Waals surface area contributed by atoms with Gasteiger partial charge in [0.05, 0.1) is 17.9 Å². The van der Waals surface area contributed by atoms with Gasteiger partial charge in [0.15, 0.2) is 5.69 Å². The van der Waals surface area contributed by atoms with Gasteiger partial charge >= 0.3 is 6.18 Å². The summed E-state index contributed by atoms with van der Waals surface area (Å²) in [7, 11) is 3.01. The minimum atomic E-state index is -4.57. The Bertz CT molecular complexity index is 671. The van der Waals surface area contributed by atoms with E-state index in [0.717, 1.165) is 22.1 Å². The van der Waals surface area contributed by atoms with Crippen molar-refractivity contribution in [1.82, 2.24) is 24.9 Å². The summed E-state index contributed by atoms with van der Waals surface area (Å²) < 4.78 is 40.1. The van der Waals surface area contributed by atoms with Crippen LogP contribution in [-0.4, -0.2) is 25.5 Å². The van der Waals surface area contributed by atoms with Crippen molar-refractivity contribution in [2.24, 2.45) is 14.1 Å². The van der Waals surface area contributed by atoms with Gasteiger partial charge in [0, 0.05) is 20.2 Å². The normalized spacial score (nSPS) is 11.7. The number of alkyl halides is 3. The number of amides is 1. The Hall–Kier alpha value is -2.32. The molecule has 0 bridgehead atoms. The van der Waals surface area contributed by atoms with E-state index in [-0.39, 0.29) is 12.2 Å². The van der Waals surface area contributed by atoms with Gasteiger partial charge in [-0.25, -0.2) is 0 Å². The van der Waals surface area contributed by atoms with Gasteiger partial charge in [-0.1, -0.05) is 0 Å². The maximum absolute atomic E-state index is 12.5. The molecule has 0 atom stereocenters. The molecule has 0 unspecified atom stereocenters. The third-order valence-corrected chi connectivity index (χ3v) is 2.93. The molecular formula is C12H14F3N5O. The van der Waals surface area contributed by atoms with E-state index in [1.54, 1.807) is 17.8 Å². The average molecular weight is 301 g/mol. The summed E-state index contributed by atoms with van der Waals surface area (Å²) in [5.41, 5.74) is 0.299. The van der Waals surface area contributed by atoms with Gasteiger partial charge in [0.2, 0.25) is 0 Å². The van der Waals surface area contributed by atoms with Crippen LogP contribution in [0.5, 0.6) is 0 Å². The first-order chi connectivity index (χ1) is 9.68. The minimum Gasteiger partial charge on any atom is -0.345 e. The van der Waals surface area contributed by atoms with Gasteiger partial charge in [0.1, 0.15) is 5.69 Å². The molecule has 21 heavy (non-hydrogen) atoms. The van der Waals surface area contributed by atoms with Gasteiger partial charge < -0.3 is 5.32 Å².